The minimum atomic E-state index is -0.303. The molecule has 4 rings (SSSR count). The Kier molecular flexibility index (Phi) is 4.12. The molecule has 3 N–H and O–H groups in total. The molecule has 1 atom stereocenters. The number of nitrogens with one attached hydrogen (secondary N) is 1. The van der Waals surface area contributed by atoms with Gasteiger partial charge in [0.1, 0.15) is 11.8 Å². The second kappa shape index (κ2) is 6.30. The number of aromatic amines is 1. The molecule has 0 spiro atoms. The molecule has 132 valence electrons. The first kappa shape index (κ1) is 16.3. The van der Waals surface area contributed by atoms with E-state index in [0.29, 0.717) is 12.2 Å². The first-order chi connectivity index (χ1) is 12.0. The zero-order valence-corrected chi connectivity index (χ0v) is 14.9. The van der Waals surface area contributed by atoms with Crippen LogP contribution in [0.2, 0.25) is 0 Å². The van der Waals surface area contributed by atoms with Crippen LogP contribution in [0.25, 0.3) is 11.2 Å². The van der Waals surface area contributed by atoms with Gasteiger partial charge in [-0.05, 0) is 19.8 Å². The fourth-order valence-corrected chi connectivity index (χ4v) is 4.31. The summed E-state index contributed by atoms with van der Waals surface area (Å²) in [6.07, 6.45) is 6.89. The van der Waals surface area contributed by atoms with Gasteiger partial charge < -0.3 is 20.5 Å². The number of aromatic nitrogens is 4. The number of anilines is 1. The van der Waals surface area contributed by atoms with E-state index >= 15 is 0 Å². The number of H-pyrrole nitrogens is 1. The second-order valence-corrected chi connectivity index (χ2v) is 7.95. The Labute approximate surface area is 149 Å². The summed E-state index contributed by atoms with van der Waals surface area (Å²) in [6, 6.07) is 0. The van der Waals surface area contributed by atoms with Gasteiger partial charge in [0.15, 0.2) is 11.5 Å². The van der Waals surface area contributed by atoms with Crippen LogP contribution < -0.4 is 10.6 Å². The number of carbonyl (C=O) groups is 1. The first-order valence-electron chi connectivity index (χ1n) is 8.37. The molecule has 1 fully saturated rings. The van der Waals surface area contributed by atoms with Crippen LogP contribution in [0, 0.1) is 0 Å². The van der Waals surface area contributed by atoms with Crippen molar-refractivity contribution < 1.29 is 4.79 Å². The van der Waals surface area contributed by atoms with Gasteiger partial charge in [0.2, 0.25) is 0 Å². The largest absolute Gasteiger partial charge is 0.340 e. The van der Waals surface area contributed by atoms with Gasteiger partial charge in [0.25, 0.3) is 5.91 Å². The molecule has 0 aromatic carbocycles. The molecule has 1 saturated heterocycles. The fraction of sp³-hybridized carbons (Fsp3) is 0.500. The van der Waals surface area contributed by atoms with Gasteiger partial charge in [0, 0.05) is 37.1 Å². The molecular weight excluding hydrogens is 338 g/mol. The Balaban J connectivity index is 1.60. The highest BCUT2D eigenvalue weighted by atomic mass is 32.2. The van der Waals surface area contributed by atoms with E-state index in [1.165, 1.54) is 6.33 Å². The van der Waals surface area contributed by atoms with E-state index in [4.69, 9.17) is 5.73 Å². The maximum atomic E-state index is 12.9. The maximum absolute atomic E-state index is 12.9. The summed E-state index contributed by atoms with van der Waals surface area (Å²) in [5.74, 6) is 1.63. The van der Waals surface area contributed by atoms with Crippen LogP contribution in [0.4, 0.5) is 5.82 Å². The third-order valence-electron chi connectivity index (χ3n) is 4.56. The zero-order chi connectivity index (χ0) is 17.4. The molecule has 1 amide bonds. The number of nitrogens with zero attached hydrogens (tertiary/aromatic N) is 5. The number of hydrogen-bond acceptors (Lipinski definition) is 7. The van der Waals surface area contributed by atoms with Crippen molar-refractivity contribution in [3.8, 4) is 0 Å². The Hall–Kier alpha value is -2.13. The normalized spacial score (nSPS) is 24.5. The van der Waals surface area contributed by atoms with Crippen molar-refractivity contribution in [3.63, 3.8) is 0 Å². The van der Waals surface area contributed by atoms with Crippen molar-refractivity contribution >= 4 is 34.7 Å². The van der Waals surface area contributed by atoms with E-state index in [1.54, 1.807) is 18.1 Å². The van der Waals surface area contributed by atoms with E-state index < -0.39 is 0 Å². The lowest BCUT2D eigenvalue weighted by atomic mass is 9.92. The van der Waals surface area contributed by atoms with Crippen molar-refractivity contribution in [2.45, 2.75) is 25.3 Å². The van der Waals surface area contributed by atoms with Crippen molar-refractivity contribution in [1.82, 2.24) is 24.8 Å². The molecule has 4 heterocycles. The van der Waals surface area contributed by atoms with Crippen LogP contribution in [-0.2, 0) is 4.79 Å². The summed E-state index contributed by atoms with van der Waals surface area (Å²) in [5, 5.41) is 0. The molecule has 9 heteroatoms. The van der Waals surface area contributed by atoms with Crippen molar-refractivity contribution in [3.05, 3.63) is 23.8 Å². The van der Waals surface area contributed by atoms with Crippen molar-refractivity contribution in [2.24, 2.45) is 5.73 Å². The highest BCUT2D eigenvalue weighted by Crippen LogP contribution is 2.30. The molecule has 0 aliphatic carbocycles. The van der Waals surface area contributed by atoms with Crippen molar-refractivity contribution in [1.29, 1.82) is 0 Å². The van der Waals surface area contributed by atoms with Crippen LogP contribution in [0.1, 0.15) is 19.8 Å². The minimum Gasteiger partial charge on any atom is -0.340 e. The van der Waals surface area contributed by atoms with E-state index in [-0.39, 0.29) is 11.4 Å². The Morgan fingerprint density at radius 1 is 1.36 bits per heavy atom. The molecule has 0 unspecified atom stereocenters. The van der Waals surface area contributed by atoms with Crippen LogP contribution in [0.3, 0.4) is 0 Å². The first-order valence-corrected chi connectivity index (χ1v) is 9.36. The van der Waals surface area contributed by atoms with Gasteiger partial charge in [-0.25, -0.2) is 15.0 Å². The number of rotatable bonds is 2. The van der Waals surface area contributed by atoms with Crippen LogP contribution in [0.15, 0.2) is 23.8 Å². The number of thioether (sulfide) groups is 1. The fourth-order valence-electron chi connectivity index (χ4n) is 3.35. The van der Waals surface area contributed by atoms with Gasteiger partial charge in [-0.2, -0.15) is 0 Å². The molecule has 25 heavy (non-hydrogen) atoms. The van der Waals surface area contributed by atoms with Gasteiger partial charge in [0.05, 0.1) is 11.2 Å². The highest BCUT2D eigenvalue weighted by Gasteiger charge is 2.32. The van der Waals surface area contributed by atoms with Crippen LogP contribution >= 0.6 is 11.8 Å². The maximum Gasteiger partial charge on any atom is 0.261 e. The summed E-state index contributed by atoms with van der Waals surface area (Å²) >= 11 is 1.59. The number of amides is 1. The van der Waals surface area contributed by atoms with E-state index in [9.17, 15) is 4.79 Å². The second-order valence-electron chi connectivity index (χ2n) is 6.82. The monoisotopic (exact) mass is 359 g/mol. The van der Waals surface area contributed by atoms with E-state index in [2.05, 4.69) is 19.9 Å². The third-order valence-corrected chi connectivity index (χ3v) is 5.54. The lowest BCUT2D eigenvalue weighted by Crippen LogP contribution is -2.54. The quantitative estimate of drug-likeness (QED) is 0.827. The average Bonchev–Trinajstić information content (AvgIpc) is 3.09. The number of fused-ring (bicyclic) bond motifs is 1. The summed E-state index contributed by atoms with van der Waals surface area (Å²) in [4.78, 5) is 33.3. The SMILES string of the molecule is C[C@]1(N)CCCN(C(=O)C2=CN(c3ncnc4nc[nH]c34)CCS2)C1. The van der Waals surface area contributed by atoms with Gasteiger partial charge in [-0.15, -0.1) is 11.8 Å². The number of imidazole rings is 1. The van der Waals surface area contributed by atoms with Crippen LogP contribution in [-0.4, -0.2) is 61.7 Å². The number of carbonyl (C=O) groups excluding carboxylic acids is 1. The standard InChI is InChI=1S/C16H21N7OS/c1-16(17)3-2-4-23(8-16)15(24)11-7-22(5-6-25-11)14-12-13(19-9-18-12)20-10-21-14/h7,9-10H,2-6,8,17H2,1H3,(H,18,19,20,21)/t16-/m0/s1. The topological polar surface area (TPSA) is 104 Å². The summed E-state index contributed by atoms with van der Waals surface area (Å²) < 4.78 is 0. The van der Waals surface area contributed by atoms with E-state index in [1.807, 2.05) is 22.9 Å². The predicted molar refractivity (Wildman–Crippen MR) is 98.0 cm³/mol. The number of hydrogen-bond donors (Lipinski definition) is 2. The van der Waals surface area contributed by atoms with Gasteiger partial charge >= 0.3 is 0 Å². The smallest absolute Gasteiger partial charge is 0.261 e. The molecular formula is C16H21N7OS. The summed E-state index contributed by atoms with van der Waals surface area (Å²) in [6.45, 7) is 4.15. The highest BCUT2D eigenvalue weighted by molar-refractivity contribution is 8.04. The number of likely N-dealkylation sites (tertiary alicyclic amines) is 1. The molecule has 2 aromatic rings. The summed E-state index contributed by atoms with van der Waals surface area (Å²) in [7, 11) is 0. The molecule has 8 nitrogen and oxygen atoms in total. The molecule has 2 aromatic heterocycles. The van der Waals surface area contributed by atoms with Crippen molar-refractivity contribution in [2.75, 3.05) is 30.3 Å². The van der Waals surface area contributed by atoms with E-state index in [0.717, 1.165) is 47.9 Å². The molecule has 0 radical (unpaired) electrons. The molecule has 0 bridgehead atoms. The van der Waals surface area contributed by atoms with Gasteiger partial charge in [-0.3, -0.25) is 4.79 Å². The lowest BCUT2D eigenvalue weighted by molar-refractivity contribution is -0.128. The summed E-state index contributed by atoms with van der Waals surface area (Å²) in [5.41, 5.74) is 7.35. The minimum absolute atomic E-state index is 0.0565. The predicted octanol–water partition coefficient (Wildman–Crippen LogP) is 1.09. The Morgan fingerprint density at radius 3 is 3.08 bits per heavy atom. The Morgan fingerprint density at radius 2 is 2.24 bits per heavy atom. The lowest BCUT2D eigenvalue weighted by Gasteiger charge is -2.38. The van der Waals surface area contributed by atoms with Crippen LogP contribution in [0.5, 0.6) is 0 Å². The number of piperidine rings is 1. The molecule has 0 saturated carbocycles. The average molecular weight is 359 g/mol. The third kappa shape index (κ3) is 3.21. The van der Waals surface area contributed by atoms with Gasteiger partial charge in [-0.1, -0.05) is 0 Å². The Bertz CT molecular complexity index is 831. The zero-order valence-electron chi connectivity index (χ0n) is 14.1. The molecule has 2 aliphatic rings. The molecule has 2 aliphatic heterocycles. The number of nitrogens with two attached hydrogens (primary N) is 1.